The van der Waals surface area contributed by atoms with Gasteiger partial charge in [0, 0.05) is 16.4 Å². The molecule has 0 bridgehead atoms. The van der Waals surface area contributed by atoms with Crippen LogP contribution >= 0.6 is 0 Å². The van der Waals surface area contributed by atoms with Crippen molar-refractivity contribution in [2.75, 3.05) is 0 Å². The van der Waals surface area contributed by atoms with Gasteiger partial charge in [0.05, 0.1) is 0 Å². The third-order valence-electron chi connectivity index (χ3n) is 7.02. The summed E-state index contributed by atoms with van der Waals surface area (Å²) < 4.78 is 0. The Balaban J connectivity index is 1.76. The molecule has 1 aromatic rings. The van der Waals surface area contributed by atoms with Gasteiger partial charge in [0.2, 0.25) is 0 Å². The molecule has 0 spiro atoms. The van der Waals surface area contributed by atoms with Crippen LogP contribution in [0.1, 0.15) is 36.7 Å². The summed E-state index contributed by atoms with van der Waals surface area (Å²) in [6.07, 6.45) is 20.3. The maximum atomic E-state index is 11.6. The minimum absolute atomic E-state index is 0.0642. The first kappa shape index (κ1) is 16.3. The first-order chi connectivity index (χ1) is 13.0. The highest BCUT2D eigenvalue weighted by Gasteiger charge is 2.56. The second-order valence-corrected chi connectivity index (χ2v) is 8.10. The molecule has 1 aromatic carbocycles. The highest BCUT2D eigenvalue weighted by molar-refractivity contribution is 5.95. The van der Waals surface area contributed by atoms with Gasteiger partial charge in [0.25, 0.3) is 0 Å². The van der Waals surface area contributed by atoms with Gasteiger partial charge in [-0.05, 0) is 40.4 Å². The van der Waals surface area contributed by atoms with Crippen molar-refractivity contribution in [2.45, 2.75) is 20.8 Å². The summed E-state index contributed by atoms with van der Waals surface area (Å²) in [7, 11) is 0. The number of carbonyl (C=O) groups is 1. The van der Waals surface area contributed by atoms with Crippen LogP contribution in [0.2, 0.25) is 0 Å². The van der Waals surface area contributed by atoms with Crippen molar-refractivity contribution in [1.29, 1.82) is 0 Å². The van der Waals surface area contributed by atoms with Crippen LogP contribution in [-0.4, -0.2) is 5.78 Å². The number of hydrogen-bond acceptors (Lipinski definition) is 1. The molecule has 0 N–H and O–H groups in total. The zero-order chi connectivity index (χ0) is 18.8. The van der Waals surface area contributed by atoms with E-state index in [-0.39, 0.29) is 16.6 Å². The molecule has 0 aromatic heterocycles. The lowest BCUT2D eigenvalue weighted by Crippen LogP contribution is -2.47. The Kier molecular flexibility index (Phi) is 3.19. The van der Waals surface area contributed by atoms with Crippen molar-refractivity contribution in [3.8, 4) is 0 Å². The van der Waals surface area contributed by atoms with E-state index in [2.05, 4.69) is 80.7 Å². The monoisotopic (exact) mass is 350 g/mol. The molecule has 5 rings (SSSR count). The zero-order valence-corrected chi connectivity index (χ0v) is 15.9. The molecule has 0 heterocycles. The van der Waals surface area contributed by atoms with Crippen LogP contribution in [0, 0.1) is 10.8 Å². The van der Waals surface area contributed by atoms with Gasteiger partial charge < -0.3 is 0 Å². The molecule has 0 saturated carbocycles. The minimum atomic E-state index is -0.105. The van der Waals surface area contributed by atoms with Gasteiger partial charge in [-0.1, -0.05) is 92.8 Å². The van der Waals surface area contributed by atoms with Gasteiger partial charge in [0.15, 0.2) is 5.78 Å². The molecule has 132 valence electrons. The fourth-order valence-corrected chi connectivity index (χ4v) is 5.16. The molecule has 0 aliphatic heterocycles. The summed E-state index contributed by atoms with van der Waals surface area (Å²) in [4.78, 5) is 11.6. The molecule has 0 radical (unpaired) electrons. The molecule has 1 heteroatoms. The van der Waals surface area contributed by atoms with E-state index in [0.717, 1.165) is 11.1 Å². The molecule has 1 nitrogen and oxygen atoms in total. The Morgan fingerprint density at radius 1 is 0.741 bits per heavy atom. The minimum Gasteiger partial charge on any atom is -0.295 e. The van der Waals surface area contributed by atoms with E-state index < -0.39 is 0 Å². The first-order valence-electron chi connectivity index (χ1n) is 9.50. The van der Waals surface area contributed by atoms with E-state index in [1.54, 1.807) is 6.92 Å². The third-order valence-corrected chi connectivity index (χ3v) is 7.02. The molecular formula is C26H22O. The van der Waals surface area contributed by atoms with Crippen molar-refractivity contribution < 1.29 is 4.79 Å². The Bertz CT molecular complexity index is 1100. The predicted octanol–water partition coefficient (Wildman–Crippen LogP) is 6.16. The van der Waals surface area contributed by atoms with Crippen LogP contribution in [0.4, 0.5) is 0 Å². The van der Waals surface area contributed by atoms with Gasteiger partial charge in [-0.25, -0.2) is 0 Å². The van der Waals surface area contributed by atoms with Crippen molar-refractivity contribution >= 4 is 11.4 Å². The third kappa shape index (κ3) is 1.92. The molecule has 0 unspecified atom stereocenters. The van der Waals surface area contributed by atoms with Crippen molar-refractivity contribution in [1.82, 2.24) is 0 Å². The SMILES string of the molecule is CC(=O)c1ccc(C2=C3C=CC4=CC=CC5=CC=C(C=C2)[C@]3(C)[C@]45C)cc1. The van der Waals surface area contributed by atoms with Crippen LogP contribution in [-0.2, 0) is 0 Å². The topological polar surface area (TPSA) is 17.1 Å². The van der Waals surface area contributed by atoms with Crippen LogP contribution < -0.4 is 0 Å². The average molecular weight is 350 g/mol. The second kappa shape index (κ2) is 5.29. The van der Waals surface area contributed by atoms with Crippen molar-refractivity contribution in [2.24, 2.45) is 10.8 Å². The largest absolute Gasteiger partial charge is 0.295 e. The summed E-state index contributed by atoms with van der Waals surface area (Å²) in [6.45, 7) is 6.37. The lowest BCUT2D eigenvalue weighted by molar-refractivity contribution is 0.101. The average Bonchev–Trinajstić information content (AvgIpc) is 2.66. The van der Waals surface area contributed by atoms with Gasteiger partial charge in [-0.3, -0.25) is 4.79 Å². The lowest BCUT2D eigenvalue weighted by Gasteiger charge is -2.56. The quantitative estimate of drug-likeness (QED) is 0.584. The molecule has 0 amide bonds. The van der Waals surface area contributed by atoms with Gasteiger partial charge >= 0.3 is 0 Å². The Hall–Kier alpha value is -2.93. The van der Waals surface area contributed by atoms with Crippen LogP contribution in [0.25, 0.3) is 5.57 Å². The van der Waals surface area contributed by atoms with E-state index >= 15 is 0 Å². The number of hydrogen-bond donors (Lipinski definition) is 0. The molecule has 0 fully saturated rings. The van der Waals surface area contributed by atoms with Gasteiger partial charge in [-0.15, -0.1) is 0 Å². The fraction of sp³-hybridized carbons (Fsp3) is 0.192. The summed E-state index contributed by atoms with van der Waals surface area (Å²) >= 11 is 0. The molecule has 4 aliphatic rings. The number of rotatable bonds is 2. The lowest BCUT2D eigenvalue weighted by atomic mass is 9.46. The van der Waals surface area contributed by atoms with Crippen LogP contribution in [0.15, 0.2) is 101 Å². The van der Waals surface area contributed by atoms with Gasteiger partial charge in [0.1, 0.15) is 0 Å². The smallest absolute Gasteiger partial charge is 0.159 e. The van der Waals surface area contributed by atoms with E-state index in [9.17, 15) is 4.79 Å². The Morgan fingerprint density at radius 2 is 1.37 bits per heavy atom. The Morgan fingerprint density at radius 3 is 2.07 bits per heavy atom. The van der Waals surface area contributed by atoms with E-state index in [1.165, 1.54) is 27.9 Å². The predicted molar refractivity (Wildman–Crippen MR) is 111 cm³/mol. The van der Waals surface area contributed by atoms with E-state index in [4.69, 9.17) is 0 Å². The molecule has 2 atom stereocenters. The normalized spacial score (nSPS) is 29.8. The Labute approximate surface area is 160 Å². The number of ketones is 1. The summed E-state index contributed by atoms with van der Waals surface area (Å²) in [6, 6.07) is 8.01. The first-order valence-corrected chi connectivity index (χ1v) is 9.50. The molecule has 0 saturated heterocycles. The number of Topliss-reactive ketones (excluding diaryl/α,β-unsaturated/α-hetero) is 1. The maximum Gasteiger partial charge on any atom is 0.159 e. The summed E-state index contributed by atoms with van der Waals surface area (Å²) in [5.41, 5.74) is 8.45. The summed E-state index contributed by atoms with van der Waals surface area (Å²) in [5.74, 6) is 0.103. The highest BCUT2D eigenvalue weighted by atomic mass is 16.1. The zero-order valence-electron chi connectivity index (χ0n) is 15.9. The van der Waals surface area contributed by atoms with Crippen LogP contribution in [0.3, 0.4) is 0 Å². The molecule has 4 aliphatic carbocycles. The van der Waals surface area contributed by atoms with Crippen molar-refractivity contribution in [3.63, 3.8) is 0 Å². The summed E-state index contributed by atoms with van der Waals surface area (Å²) in [5, 5.41) is 0. The van der Waals surface area contributed by atoms with Crippen LogP contribution in [0.5, 0.6) is 0 Å². The van der Waals surface area contributed by atoms with E-state index in [1.807, 2.05) is 12.1 Å². The van der Waals surface area contributed by atoms with Crippen molar-refractivity contribution in [3.05, 3.63) is 112 Å². The fourth-order valence-electron chi connectivity index (χ4n) is 5.16. The number of benzene rings is 1. The molecule has 27 heavy (non-hydrogen) atoms. The number of carbonyl (C=O) groups excluding carboxylic acids is 1. The number of allylic oxidation sites excluding steroid dienone is 14. The van der Waals surface area contributed by atoms with E-state index in [0.29, 0.717) is 0 Å². The molecular weight excluding hydrogens is 328 g/mol. The second-order valence-electron chi connectivity index (χ2n) is 8.10. The maximum absolute atomic E-state index is 11.6. The van der Waals surface area contributed by atoms with Gasteiger partial charge in [-0.2, -0.15) is 0 Å². The standard InChI is InChI=1S/C26H22O/c1-17(27)18-7-9-19(10-8-18)23-15-13-22-12-11-20-5-4-6-21-14-16-24(23)26(22,3)25(20,21)2/h4-16H,1-3H3/t25-,26-/m0/s1. The highest BCUT2D eigenvalue weighted by Crippen LogP contribution is 2.65.